The van der Waals surface area contributed by atoms with Crippen molar-refractivity contribution >= 4 is 17.4 Å². The number of methoxy groups -OCH3 is 2. The smallest absolute Gasteiger partial charge is 0.876 e. The first-order valence-corrected chi connectivity index (χ1v) is 5.88. The van der Waals surface area contributed by atoms with Gasteiger partial charge in [-0.05, 0) is 12.1 Å². The summed E-state index contributed by atoms with van der Waals surface area (Å²) < 4.78 is 49.0. The summed E-state index contributed by atoms with van der Waals surface area (Å²) >= 11 is 0. The first kappa shape index (κ1) is 19.3. The van der Waals surface area contributed by atoms with E-state index in [9.17, 15) is 23.1 Å². The molecule has 1 heterocycles. The predicted octanol–water partition coefficient (Wildman–Crippen LogP) is -1.78. The van der Waals surface area contributed by atoms with E-state index in [0.717, 1.165) is 0 Å². The van der Waals surface area contributed by atoms with Gasteiger partial charge in [-0.15, -0.1) is 6.26 Å². The molecule has 118 valence electrons. The normalized spacial score (nSPS) is 16.2. The average molecular weight is 338 g/mol. The van der Waals surface area contributed by atoms with E-state index in [4.69, 9.17) is 9.47 Å². The maximum absolute atomic E-state index is 13.0. The molecular formula is C13H10F3N2NaO4. The molecule has 0 fully saturated rings. The molecule has 0 N–H and O–H groups in total. The molecule has 0 saturated carbocycles. The fraction of sp³-hybridized carbons (Fsp3) is 0.231. The van der Waals surface area contributed by atoms with Crippen molar-refractivity contribution in [3.63, 3.8) is 0 Å². The Bertz CT molecular complexity index is 674. The van der Waals surface area contributed by atoms with E-state index in [0.29, 0.717) is 10.6 Å². The molecule has 0 spiro atoms. The van der Waals surface area contributed by atoms with Crippen LogP contribution in [0.15, 0.2) is 35.2 Å². The number of amides is 1. The number of hydrogen-bond acceptors (Lipinski definition) is 5. The van der Waals surface area contributed by atoms with Crippen molar-refractivity contribution in [1.82, 2.24) is 0 Å². The van der Waals surface area contributed by atoms with Crippen LogP contribution in [-0.2, 0) is 4.79 Å². The molecule has 0 atom stereocenters. The number of benzene rings is 1. The molecule has 1 aliphatic rings. The van der Waals surface area contributed by atoms with E-state index in [1.54, 1.807) is 0 Å². The van der Waals surface area contributed by atoms with Crippen molar-refractivity contribution in [3.05, 3.63) is 30.2 Å². The minimum absolute atomic E-state index is 0. The number of alkyl halides is 3. The summed E-state index contributed by atoms with van der Waals surface area (Å²) in [6.45, 7) is 0. The minimum Gasteiger partial charge on any atom is -0.876 e. The Morgan fingerprint density at radius 1 is 1.26 bits per heavy atom. The number of hydrogen-bond donors (Lipinski definition) is 0. The molecule has 23 heavy (non-hydrogen) atoms. The largest absolute Gasteiger partial charge is 1.00 e. The van der Waals surface area contributed by atoms with Gasteiger partial charge in [-0.25, -0.2) is 4.99 Å². The summed E-state index contributed by atoms with van der Waals surface area (Å²) in [5.41, 5.74) is -1.02. The van der Waals surface area contributed by atoms with Gasteiger partial charge in [0.2, 0.25) is 5.84 Å². The van der Waals surface area contributed by atoms with Crippen molar-refractivity contribution in [3.8, 4) is 11.5 Å². The standard InChI is InChI=1S/C13H11F3N2O4.Na/c1-21-7-3-4-9(10(5-7)22-2)18-11(20)8(6-19)17-12(18)13(14,15)16;/h3-6,19H,1-2H3;/q;+1/p-1/b8-6+;. The Morgan fingerprint density at radius 2 is 1.91 bits per heavy atom. The topological polar surface area (TPSA) is 74.2 Å². The van der Waals surface area contributed by atoms with Gasteiger partial charge in [0.1, 0.15) is 17.2 Å². The van der Waals surface area contributed by atoms with Gasteiger partial charge in [0.25, 0.3) is 5.91 Å². The van der Waals surface area contributed by atoms with Crippen LogP contribution in [0.5, 0.6) is 11.5 Å². The second kappa shape index (κ2) is 7.24. The summed E-state index contributed by atoms with van der Waals surface area (Å²) in [6.07, 6.45) is -4.94. The average Bonchev–Trinajstić information content (AvgIpc) is 2.83. The molecule has 0 aromatic heterocycles. The molecule has 0 saturated heterocycles. The third-order valence-corrected chi connectivity index (χ3v) is 2.85. The van der Waals surface area contributed by atoms with Gasteiger partial charge in [0.15, 0.2) is 0 Å². The quantitative estimate of drug-likeness (QED) is 0.371. The number of nitrogens with zero attached hydrogens (tertiary/aromatic N) is 2. The zero-order chi connectivity index (χ0) is 16.5. The Kier molecular flexibility index (Phi) is 6.09. The monoisotopic (exact) mass is 338 g/mol. The van der Waals surface area contributed by atoms with Gasteiger partial charge >= 0.3 is 35.7 Å². The molecule has 1 aliphatic heterocycles. The third kappa shape index (κ3) is 3.62. The second-order valence-corrected chi connectivity index (χ2v) is 4.11. The Hall–Kier alpha value is -1.71. The number of halogens is 3. The molecular weight excluding hydrogens is 328 g/mol. The number of aliphatic imine (C=N–C) groups is 1. The summed E-state index contributed by atoms with van der Waals surface area (Å²) in [4.78, 5) is 15.3. The van der Waals surface area contributed by atoms with E-state index >= 15 is 0 Å². The van der Waals surface area contributed by atoms with Crippen molar-refractivity contribution in [2.24, 2.45) is 4.99 Å². The van der Waals surface area contributed by atoms with E-state index in [-0.39, 0.29) is 47.3 Å². The molecule has 0 aliphatic carbocycles. The fourth-order valence-corrected chi connectivity index (χ4v) is 1.88. The second-order valence-electron chi connectivity index (χ2n) is 4.11. The molecule has 0 bridgehead atoms. The van der Waals surface area contributed by atoms with E-state index in [2.05, 4.69) is 4.99 Å². The predicted molar refractivity (Wildman–Crippen MR) is 68.6 cm³/mol. The Labute approximate surface area is 151 Å². The zero-order valence-electron chi connectivity index (χ0n) is 12.5. The fourth-order valence-electron chi connectivity index (χ4n) is 1.88. The number of amidine groups is 1. The maximum Gasteiger partial charge on any atom is 1.00 e. The van der Waals surface area contributed by atoms with E-state index < -0.39 is 23.6 Å². The van der Waals surface area contributed by atoms with Gasteiger partial charge in [-0.3, -0.25) is 9.69 Å². The first-order valence-electron chi connectivity index (χ1n) is 5.88. The maximum atomic E-state index is 13.0. The summed E-state index contributed by atoms with van der Waals surface area (Å²) in [7, 11) is 2.60. The Morgan fingerprint density at radius 3 is 2.39 bits per heavy atom. The molecule has 1 aromatic rings. The van der Waals surface area contributed by atoms with E-state index in [1.807, 2.05) is 0 Å². The third-order valence-electron chi connectivity index (χ3n) is 2.85. The van der Waals surface area contributed by atoms with Crippen LogP contribution in [0.3, 0.4) is 0 Å². The van der Waals surface area contributed by atoms with Crippen LogP contribution in [0, 0.1) is 0 Å². The summed E-state index contributed by atoms with van der Waals surface area (Å²) in [6, 6.07) is 3.89. The number of anilines is 1. The van der Waals surface area contributed by atoms with E-state index in [1.165, 1.54) is 32.4 Å². The van der Waals surface area contributed by atoms with Crippen LogP contribution in [-0.4, -0.2) is 32.1 Å². The van der Waals surface area contributed by atoms with Gasteiger partial charge in [-0.1, -0.05) is 0 Å². The van der Waals surface area contributed by atoms with Crippen LogP contribution in [0.25, 0.3) is 0 Å². The van der Waals surface area contributed by atoms with Crippen LogP contribution in [0.4, 0.5) is 18.9 Å². The summed E-state index contributed by atoms with van der Waals surface area (Å²) in [5.74, 6) is -2.37. The van der Waals surface area contributed by atoms with Gasteiger partial charge < -0.3 is 14.6 Å². The van der Waals surface area contributed by atoms with Gasteiger partial charge in [0, 0.05) is 6.07 Å². The Balaban J connectivity index is 0.00000264. The van der Waals surface area contributed by atoms with Crippen LogP contribution >= 0.6 is 0 Å². The van der Waals surface area contributed by atoms with Crippen molar-refractivity contribution < 1.29 is 62.1 Å². The van der Waals surface area contributed by atoms with Crippen LogP contribution in [0.1, 0.15) is 0 Å². The molecule has 0 unspecified atom stereocenters. The molecule has 1 amide bonds. The molecule has 6 nitrogen and oxygen atoms in total. The molecule has 2 rings (SSSR count). The number of rotatable bonds is 3. The molecule has 0 radical (unpaired) electrons. The van der Waals surface area contributed by atoms with Crippen molar-refractivity contribution in [2.45, 2.75) is 6.18 Å². The number of carbonyl (C=O) groups is 1. The summed E-state index contributed by atoms with van der Waals surface area (Å²) in [5, 5.41) is 10.7. The molecule has 1 aromatic carbocycles. The minimum atomic E-state index is -4.91. The number of carbonyl (C=O) groups excluding carboxylic acids is 1. The van der Waals surface area contributed by atoms with Gasteiger partial charge in [-0.2, -0.15) is 13.2 Å². The van der Waals surface area contributed by atoms with Crippen molar-refractivity contribution in [1.29, 1.82) is 0 Å². The van der Waals surface area contributed by atoms with Crippen molar-refractivity contribution in [2.75, 3.05) is 19.1 Å². The zero-order valence-corrected chi connectivity index (χ0v) is 14.5. The van der Waals surface area contributed by atoms with Gasteiger partial charge in [0.05, 0.1) is 19.9 Å². The first-order chi connectivity index (χ1) is 10.3. The SMILES string of the molecule is COc1ccc(N2C(=O)/C(=C\[O-])N=C2C(F)(F)F)c(OC)c1.[Na+]. The molecule has 10 heteroatoms. The van der Waals surface area contributed by atoms with Crippen LogP contribution < -0.4 is 49.0 Å². The van der Waals surface area contributed by atoms with Crippen LogP contribution in [0.2, 0.25) is 0 Å². The number of ether oxygens (including phenoxy) is 2.